The van der Waals surface area contributed by atoms with Crippen LogP contribution in [0.5, 0.6) is 5.75 Å². The first kappa shape index (κ1) is 20.7. The van der Waals surface area contributed by atoms with E-state index in [4.69, 9.17) is 4.74 Å². The van der Waals surface area contributed by atoms with E-state index in [0.29, 0.717) is 30.1 Å². The van der Waals surface area contributed by atoms with Gasteiger partial charge in [-0.15, -0.1) is 0 Å². The van der Waals surface area contributed by atoms with Gasteiger partial charge in [0, 0.05) is 40.5 Å². The van der Waals surface area contributed by atoms with Gasteiger partial charge in [-0.2, -0.15) is 0 Å². The fourth-order valence-corrected chi connectivity index (χ4v) is 2.99. The third-order valence-electron chi connectivity index (χ3n) is 4.03. The molecule has 0 saturated carbocycles. The fraction of sp³-hybridized carbons (Fsp3) is 0.238. The van der Waals surface area contributed by atoms with Crippen LogP contribution in [-0.4, -0.2) is 36.9 Å². The van der Waals surface area contributed by atoms with Gasteiger partial charge in [-0.25, -0.2) is 0 Å². The highest BCUT2D eigenvalue weighted by Crippen LogP contribution is 2.24. The number of benzene rings is 2. The van der Waals surface area contributed by atoms with Crippen molar-refractivity contribution in [3.8, 4) is 5.75 Å². The first-order valence-electron chi connectivity index (χ1n) is 8.70. The van der Waals surface area contributed by atoms with E-state index in [2.05, 4.69) is 21.2 Å². The lowest BCUT2D eigenvalue weighted by Crippen LogP contribution is -2.30. The number of carbonyl (C=O) groups excluding carboxylic acids is 2. The molecule has 5 nitrogen and oxygen atoms in total. The first-order chi connectivity index (χ1) is 13.0. The number of nitrogens with zero attached hydrogens (tertiary/aromatic N) is 1. The number of methoxy groups -OCH3 is 1. The summed E-state index contributed by atoms with van der Waals surface area (Å²) >= 11 is 3.41. The summed E-state index contributed by atoms with van der Waals surface area (Å²) in [5.41, 5.74) is 1.91. The maximum atomic E-state index is 12.4. The van der Waals surface area contributed by atoms with Crippen LogP contribution in [0.2, 0.25) is 0 Å². The molecule has 6 heteroatoms. The molecular formula is C21H23BrN2O3. The van der Waals surface area contributed by atoms with Crippen LogP contribution >= 0.6 is 15.9 Å². The number of hydrogen-bond donors (Lipinski definition) is 1. The fourth-order valence-electron chi connectivity index (χ4n) is 2.61. The SMILES string of the molecule is CCN(CC)C(=O)c1cccc(NC(=O)/C=C/c2cc(Br)ccc2OC)c1. The molecule has 0 radical (unpaired) electrons. The molecular weight excluding hydrogens is 408 g/mol. The van der Waals surface area contributed by atoms with Gasteiger partial charge in [0.1, 0.15) is 5.75 Å². The summed E-state index contributed by atoms with van der Waals surface area (Å²) in [5, 5.41) is 2.79. The molecule has 2 aromatic rings. The second-order valence-corrected chi connectivity index (χ2v) is 6.68. The summed E-state index contributed by atoms with van der Waals surface area (Å²) in [4.78, 5) is 26.4. The van der Waals surface area contributed by atoms with Gasteiger partial charge >= 0.3 is 0 Å². The summed E-state index contributed by atoms with van der Waals surface area (Å²) < 4.78 is 6.19. The topological polar surface area (TPSA) is 58.6 Å². The number of ether oxygens (including phenoxy) is 1. The monoisotopic (exact) mass is 430 g/mol. The van der Waals surface area contributed by atoms with Gasteiger partial charge in [0.15, 0.2) is 0 Å². The van der Waals surface area contributed by atoms with Gasteiger partial charge in [-0.3, -0.25) is 9.59 Å². The van der Waals surface area contributed by atoms with Crippen molar-refractivity contribution in [2.24, 2.45) is 0 Å². The van der Waals surface area contributed by atoms with Crippen LogP contribution in [0.25, 0.3) is 6.08 Å². The molecule has 0 aliphatic carbocycles. The second-order valence-electron chi connectivity index (χ2n) is 5.77. The van der Waals surface area contributed by atoms with E-state index < -0.39 is 0 Å². The second kappa shape index (κ2) is 9.92. The van der Waals surface area contributed by atoms with Crippen LogP contribution < -0.4 is 10.1 Å². The number of carbonyl (C=O) groups is 2. The Morgan fingerprint density at radius 3 is 2.56 bits per heavy atom. The van der Waals surface area contributed by atoms with Crippen molar-refractivity contribution in [1.82, 2.24) is 4.90 Å². The molecule has 0 atom stereocenters. The van der Waals surface area contributed by atoms with Crippen LogP contribution in [-0.2, 0) is 4.79 Å². The highest BCUT2D eigenvalue weighted by molar-refractivity contribution is 9.10. The molecule has 0 spiro atoms. The maximum absolute atomic E-state index is 12.4. The molecule has 142 valence electrons. The third-order valence-corrected chi connectivity index (χ3v) is 4.53. The zero-order valence-electron chi connectivity index (χ0n) is 15.7. The average Bonchev–Trinajstić information content (AvgIpc) is 2.67. The molecule has 0 unspecified atom stereocenters. The highest BCUT2D eigenvalue weighted by Gasteiger charge is 2.13. The molecule has 1 N–H and O–H groups in total. The summed E-state index contributed by atoms with van der Waals surface area (Å²) in [6.45, 7) is 5.16. The third kappa shape index (κ3) is 5.69. The van der Waals surface area contributed by atoms with Crippen molar-refractivity contribution in [1.29, 1.82) is 0 Å². The van der Waals surface area contributed by atoms with Crippen LogP contribution in [0.4, 0.5) is 5.69 Å². The van der Waals surface area contributed by atoms with Gasteiger partial charge < -0.3 is 15.0 Å². The molecule has 2 aromatic carbocycles. The summed E-state index contributed by atoms with van der Waals surface area (Å²) in [6.07, 6.45) is 3.12. The van der Waals surface area contributed by atoms with E-state index in [1.807, 2.05) is 32.0 Å². The van der Waals surface area contributed by atoms with Crippen LogP contribution in [0.3, 0.4) is 0 Å². The summed E-state index contributed by atoms with van der Waals surface area (Å²) in [7, 11) is 1.58. The largest absolute Gasteiger partial charge is 0.496 e. The van der Waals surface area contributed by atoms with E-state index in [0.717, 1.165) is 10.0 Å². The van der Waals surface area contributed by atoms with Crippen molar-refractivity contribution < 1.29 is 14.3 Å². The zero-order valence-corrected chi connectivity index (χ0v) is 17.2. The van der Waals surface area contributed by atoms with E-state index in [9.17, 15) is 9.59 Å². The lowest BCUT2D eigenvalue weighted by Gasteiger charge is -2.18. The standard InChI is InChI=1S/C21H23BrN2O3/c1-4-24(5-2)21(26)16-7-6-8-18(14-16)23-20(25)12-9-15-13-17(22)10-11-19(15)27-3/h6-14H,4-5H2,1-3H3,(H,23,25)/b12-9+. The lowest BCUT2D eigenvalue weighted by atomic mass is 10.1. The molecule has 0 aromatic heterocycles. The van der Waals surface area contributed by atoms with Crippen LogP contribution in [0, 0.1) is 0 Å². The summed E-state index contributed by atoms with van der Waals surface area (Å²) in [6, 6.07) is 12.5. The molecule has 2 rings (SSSR count). The van der Waals surface area contributed by atoms with Crippen molar-refractivity contribution in [2.45, 2.75) is 13.8 Å². The quantitative estimate of drug-likeness (QED) is 0.653. The predicted molar refractivity (Wildman–Crippen MR) is 112 cm³/mol. The molecule has 0 saturated heterocycles. The number of nitrogens with one attached hydrogen (secondary N) is 1. The van der Waals surface area contributed by atoms with E-state index >= 15 is 0 Å². The Balaban J connectivity index is 2.11. The minimum Gasteiger partial charge on any atom is -0.496 e. The Labute approximate surface area is 168 Å². The van der Waals surface area contributed by atoms with Gasteiger partial charge in [-0.1, -0.05) is 22.0 Å². The van der Waals surface area contributed by atoms with Crippen LogP contribution in [0.15, 0.2) is 53.0 Å². The maximum Gasteiger partial charge on any atom is 0.253 e. The zero-order chi connectivity index (χ0) is 19.8. The normalized spacial score (nSPS) is 10.7. The Kier molecular flexibility index (Phi) is 7.61. The van der Waals surface area contributed by atoms with Crippen LogP contribution in [0.1, 0.15) is 29.8 Å². The number of halogens is 1. The van der Waals surface area contributed by atoms with Gasteiger partial charge in [-0.05, 0) is 56.3 Å². The molecule has 0 heterocycles. The van der Waals surface area contributed by atoms with Crippen molar-refractivity contribution in [2.75, 3.05) is 25.5 Å². The van der Waals surface area contributed by atoms with E-state index in [-0.39, 0.29) is 11.8 Å². The predicted octanol–water partition coefficient (Wildman–Crippen LogP) is 4.59. The molecule has 0 aliphatic heterocycles. The van der Waals surface area contributed by atoms with Crippen molar-refractivity contribution in [3.63, 3.8) is 0 Å². The van der Waals surface area contributed by atoms with Crippen molar-refractivity contribution in [3.05, 3.63) is 64.1 Å². The Morgan fingerprint density at radius 2 is 1.89 bits per heavy atom. The minimum atomic E-state index is -0.288. The Bertz CT molecular complexity index is 845. The number of amides is 2. The smallest absolute Gasteiger partial charge is 0.253 e. The molecule has 0 aliphatic rings. The Hall–Kier alpha value is -2.60. The molecule has 0 fully saturated rings. The molecule has 2 amide bonds. The highest BCUT2D eigenvalue weighted by atomic mass is 79.9. The van der Waals surface area contributed by atoms with Gasteiger partial charge in [0.25, 0.3) is 5.91 Å². The van der Waals surface area contributed by atoms with E-state index in [1.54, 1.807) is 42.4 Å². The summed E-state index contributed by atoms with van der Waals surface area (Å²) in [5.74, 6) is 0.337. The molecule has 0 bridgehead atoms. The lowest BCUT2D eigenvalue weighted by molar-refractivity contribution is -0.111. The Morgan fingerprint density at radius 1 is 1.15 bits per heavy atom. The van der Waals surface area contributed by atoms with E-state index in [1.165, 1.54) is 6.08 Å². The number of hydrogen-bond acceptors (Lipinski definition) is 3. The number of anilines is 1. The van der Waals surface area contributed by atoms with Gasteiger partial charge in [0.2, 0.25) is 5.91 Å². The van der Waals surface area contributed by atoms with Gasteiger partial charge in [0.05, 0.1) is 7.11 Å². The average molecular weight is 431 g/mol. The van der Waals surface area contributed by atoms with Crippen molar-refractivity contribution >= 4 is 39.5 Å². The minimum absolute atomic E-state index is 0.0505. The molecule has 27 heavy (non-hydrogen) atoms. The first-order valence-corrected chi connectivity index (χ1v) is 9.49. The number of rotatable bonds is 7.